The summed E-state index contributed by atoms with van der Waals surface area (Å²) >= 11 is 0. The Morgan fingerprint density at radius 3 is 2.49 bits per heavy atom. The first-order valence-corrected chi connectivity index (χ1v) is 11.0. The van der Waals surface area contributed by atoms with Crippen LogP contribution in [0.15, 0.2) is 54.7 Å². The number of hydrogen-bond donors (Lipinski definition) is 2. The summed E-state index contributed by atoms with van der Waals surface area (Å²) in [5.41, 5.74) is 8.33. The number of primary amides is 1. The number of aryl methyl sites for hydroxylation is 2. The van der Waals surface area contributed by atoms with Crippen LogP contribution in [-0.2, 0) is 11.8 Å². The number of nitrogens with two attached hydrogens (primary N) is 1. The maximum absolute atomic E-state index is 12.4. The summed E-state index contributed by atoms with van der Waals surface area (Å²) in [5.74, 6) is 0.601. The Balaban J connectivity index is 1.72. The monoisotopic (exact) mass is 473 g/mol. The fourth-order valence-electron chi connectivity index (χ4n) is 3.63. The Hall–Kier alpha value is -4.40. The van der Waals surface area contributed by atoms with E-state index in [1.807, 2.05) is 38.4 Å². The molecule has 2 amide bonds. The number of hydrogen-bond acceptors (Lipinski definition) is 6. The molecule has 0 bridgehead atoms. The van der Waals surface area contributed by atoms with E-state index in [0.717, 1.165) is 27.6 Å². The zero-order valence-electron chi connectivity index (χ0n) is 20.2. The fraction of sp³-hybridized carbons (Fsp3) is 0.231. The molecule has 0 aliphatic rings. The molecule has 0 atom stereocenters. The number of ether oxygens (including phenoxy) is 2. The van der Waals surface area contributed by atoms with Crippen molar-refractivity contribution in [1.82, 2.24) is 14.8 Å². The molecule has 0 radical (unpaired) electrons. The first-order chi connectivity index (χ1) is 16.5. The Kier molecular flexibility index (Phi) is 6.17. The van der Waals surface area contributed by atoms with Gasteiger partial charge in [0.15, 0.2) is 0 Å². The van der Waals surface area contributed by atoms with Crippen LogP contribution in [0.4, 0.5) is 10.6 Å². The standard InChI is InChI=1S/C26H27N5O4/c1-15-10-16(6-8-20(15)24(27)32)17-12-22(29-25(33)35-26(2,3)4)28-23(13-17)34-19-7-9-21-18(11-19)14-31(5)30-21/h6-14H,1-5H3,(H2,27,32)(H,28,29,33). The van der Waals surface area contributed by atoms with Crippen molar-refractivity contribution in [2.75, 3.05) is 5.32 Å². The summed E-state index contributed by atoms with van der Waals surface area (Å²) in [4.78, 5) is 28.5. The van der Waals surface area contributed by atoms with Gasteiger partial charge in [-0.1, -0.05) is 12.1 Å². The number of fused-ring (bicyclic) bond motifs is 1. The third-order valence-electron chi connectivity index (χ3n) is 5.07. The van der Waals surface area contributed by atoms with Crippen LogP contribution < -0.4 is 15.8 Å². The molecule has 2 aromatic carbocycles. The minimum absolute atomic E-state index is 0.255. The number of rotatable bonds is 5. The molecule has 0 fully saturated rings. The van der Waals surface area contributed by atoms with Crippen LogP contribution in [0.25, 0.3) is 22.0 Å². The van der Waals surface area contributed by atoms with E-state index < -0.39 is 17.6 Å². The lowest BCUT2D eigenvalue weighted by Gasteiger charge is -2.20. The Morgan fingerprint density at radius 2 is 1.80 bits per heavy atom. The highest BCUT2D eigenvalue weighted by Gasteiger charge is 2.18. The van der Waals surface area contributed by atoms with E-state index >= 15 is 0 Å². The summed E-state index contributed by atoms with van der Waals surface area (Å²) in [6, 6.07) is 14.3. The molecule has 0 aliphatic carbocycles. The van der Waals surface area contributed by atoms with Crippen LogP contribution in [0, 0.1) is 6.92 Å². The van der Waals surface area contributed by atoms with Crippen LogP contribution in [-0.4, -0.2) is 32.4 Å². The predicted molar refractivity (Wildman–Crippen MR) is 134 cm³/mol. The summed E-state index contributed by atoms with van der Waals surface area (Å²) in [7, 11) is 1.85. The molecule has 35 heavy (non-hydrogen) atoms. The van der Waals surface area contributed by atoms with Gasteiger partial charge in [-0.25, -0.2) is 4.79 Å². The normalized spacial score (nSPS) is 11.3. The molecule has 0 saturated carbocycles. The predicted octanol–water partition coefficient (Wildman–Crippen LogP) is 5.18. The molecule has 0 aliphatic heterocycles. The smallest absolute Gasteiger partial charge is 0.413 e. The third-order valence-corrected chi connectivity index (χ3v) is 5.07. The topological polar surface area (TPSA) is 121 Å². The van der Waals surface area contributed by atoms with Crippen molar-refractivity contribution in [2.45, 2.75) is 33.3 Å². The number of benzene rings is 2. The Labute approximate surface area is 202 Å². The van der Waals surface area contributed by atoms with Gasteiger partial charge in [0, 0.05) is 30.3 Å². The molecule has 0 spiro atoms. The maximum Gasteiger partial charge on any atom is 0.413 e. The molecular weight excluding hydrogens is 446 g/mol. The second-order valence-electron chi connectivity index (χ2n) is 9.23. The van der Waals surface area contributed by atoms with Crippen molar-refractivity contribution < 1.29 is 19.1 Å². The highest BCUT2D eigenvalue weighted by Crippen LogP contribution is 2.31. The van der Waals surface area contributed by atoms with Crippen LogP contribution in [0.5, 0.6) is 11.6 Å². The summed E-state index contributed by atoms with van der Waals surface area (Å²) < 4.78 is 13.2. The molecule has 2 aromatic heterocycles. The minimum Gasteiger partial charge on any atom is -0.444 e. The van der Waals surface area contributed by atoms with Gasteiger partial charge in [-0.15, -0.1) is 0 Å². The van der Waals surface area contributed by atoms with Gasteiger partial charge in [0.1, 0.15) is 17.2 Å². The van der Waals surface area contributed by atoms with Gasteiger partial charge < -0.3 is 15.2 Å². The quantitative estimate of drug-likeness (QED) is 0.412. The van der Waals surface area contributed by atoms with Crippen molar-refractivity contribution >= 4 is 28.7 Å². The average molecular weight is 474 g/mol. The summed E-state index contributed by atoms with van der Waals surface area (Å²) in [6.07, 6.45) is 1.26. The van der Waals surface area contributed by atoms with Crippen LogP contribution in [0.2, 0.25) is 0 Å². The highest BCUT2D eigenvalue weighted by molar-refractivity contribution is 5.95. The zero-order valence-corrected chi connectivity index (χ0v) is 20.2. The van der Waals surface area contributed by atoms with Crippen molar-refractivity contribution in [2.24, 2.45) is 12.8 Å². The van der Waals surface area contributed by atoms with Crippen molar-refractivity contribution in [3.63, 3.8) is 0 Å². The van der Waals surface area contributed by atoms with E-state index in [1.54, 1.807) is 55.8 Å². The largest absolute Gasteiger partial charge is 0.444 e. The van der Waals surface area contributed by atoms with Crippen molar-refractivity contribution in [3.8, 4) is 22.8 Å². The summed E-state index contributed by atoms with van der Waals surface area (Å²) in [6.45, 7) is 7.15. The molecule has 180 valence electrons. The van der Waals surface area contributed by atoms with Gasteiger partial charge in [-0.3, -0.25) is 14.8 Å². The number of anilines is 1. The lowest BCUT2D eigenvalue weighted by molar-refractivity contribution is 0.0635. The zero-order chi connectivity index (χ0) is 25.3. The van der Waals surface area contributed by atoms with Crippen LogP contribution in [0.3, 0.4) is 0 Å². The lowest BCUT2D eigenvalue weighted by atomic mass is 10.00. The van der Waals surface area contributed by atoms with Gasteiger partial charge >= 0.3 is 6.09 Å². The van der Waals surface area contributed by atoms with E-state index in [9.17, 15) is 9.59 Å². The molecule has 0 saturated heterocycles. The van der Waals surface area contributed by atoms with Gasteiger partial charge in [-0.2, -0.15) is 10.1 Å². The van der Waals surface area contributed by atoms with Gasteiger partial charge in [0.05, 0.1) is 5.52 Å². The van der Waals surface area contributed by atoms with Crippen LogP contribution >= 0.6 is 0 Å². The molecule has 9 heteroatoms. The maximum atomic E-state index is 12.4. The molecule has 4 aromatic rings. The number of nitrogens with zero attached hydrogens (tertiary/aromatic N) is 3. The lowest BCUT2D eigenvalue weighted by Crippen LogP contribution is -2.27. The first kappa shape index (κ1) is 23.7. The second-order valence-corrected chi connectivity index (χ2v) is 9.23. The molecular formula is C26H27N5O4. The van der Waals surface area contributed by atoms with Gasteiger partial charge in [0.2, 0.25) is 11.8 Å². The van der Waals surface area contributed by atoms with E-state index in [1.165, 1.54) is 0 Å². The fourth-order valence-corrected chi connectivity index (χ4v) is 3.63. The number of carbonyl (C=O) groups is 2. The second kappa shape index (κ2) is 9.09. The SMILES string of the molecule is Cc1cc(-c2cc(NC(=O)OC(C)(C)C)nc(Oc3ccc4nn(C)cc4c3)c2)ccc1C(N)=O. The molecule has 2 heterocycles. The van der Waals surface area contributed by atoms with Gasteiger partial charge in [-0.05, 0) is 74.7 Å². The average Bonchev–Trinajstić information content (AvgIpc) is 3.11. The van der Waals surface area contributed by atoms with Crippen molar-refractivity contribution in [1.29, 1.82) is 0 Å². The number of aromatic nitrogens is 3. The van der Waals surface area contributed by atoms with E-state index in [4.69, 9.17) is 15.2 Å². The summed E-state index contributed by atoms with van der Waals surface area (Å²) in [5, 5.41) is 7.96. The Morgan fingerprint density at radius 1 is 1.03 bits per heavy atom. The number of amides is 2. The van der Waals surface area contributed by atoms with Gasteiger partial charge in [0.25, 0.3) is 0 Å². The van der Waals surface area contributed by atoms with E-state index in [-0.39, 0.29) is 11.7 Å². The molecule has 9 nitrogen and oxygen atoms in total. The third kappa shape index (κ3) is 5.75. The number of pyridine rings is 1. The first-order valence-electron chi connectivity index (χ1n) is 11.0. The Bertz CT molecular complexity index is 1440. The number of carbonyl (C=O) groups excluding carboxylic acids is 2. The molecule has 4 rings (SSSR count). The highest BCUT2D eigenvalue weighted by atomic mass is 16.6. The molecule has 3 N–H and O–H groups in total. The van der Waals surface area contributed by atoms with Crippen LogP contribution in [0.1, 0.15) is 36.7 Å². The van der Waals surface area contributed by atoms with E-state index in [2.05, 4.69) is 15.4 Å². The van der Waals surface area contributed by atoms with Crippen molar-refractivity contribution in [3.05, 3.63) is 65.9 Å². The molecule has 0 unspecified atom stereocenters. The minimum atomic E-state index is -0.665. The van der Waals surface area contributed by atoms with E-state index in [0.29, 0.717) is 11.3 Å². The number of nitrogens with one attached hydrogen (secondary N) is 1.